The number of halogens is 1. The summed E-state index contributed by atoms with van der Waals surface area (Å²) in [5.41, 5.74) is 10.3. The second-order valence-electron chi connectivity index (χ2n) is 4.09. The molecule has 0 fully saturated rings. The zero-order valence-electron chi connectivity index (χ0n) is 9.42. The van der Waals surface area contributed by atoms with Crippen LogP contribution < -0.4 is 5.73 Å². The van der Waals surface area contributed by atoms with Gasteiger partial charge in [0.15, 0.2) is 0 Å². The van der Waals surface area contributed by atoms with Crippen LogP contribution in [-0.2, 0) is 0 Å². The lowest BCUT2D eigenvalue weighted by molar-refractivity contribution is 0.627. The van der Waals surface area contributed by atoms with Crippen LogP contribution in [0.15, 0.2) is 36.4 Å². The van der Waals surface area contributed by atoms with E-state index in [1.165, 1.54) is 12.1 Å². The summed E-state index contributed by atoms with van der Waals surface area (Å²) < 4.78 is 13.3. The minimum absolute atomic E-state index is 0.204. The van der Waals surface area contributed by atoms with Gasteiger partial charge < -0.3 is 5.73 Å². The summed E-state index contributed by atoms with van der Waals surface area (Å²) >= 11 is 0. The van der Waals surface area contributed by atoms with Crippen LogP contribution in [0.1, 0.15) is 11.1 Å². The maximum absolute atomic E-state index is 13.3. The Bertz CT molecular complexity index is 512. The van der Waals surface area contributed by atoms with Crippen molar-refractivity contribution < 1.29 is 4.39 Å². The fraction of sp³-hybridized carbons (Fsp3) is 0.143. The Morgan fingerprint density at radius 3 is 2.31 bits per heavy atom. The van der Waals surface area contributed by atoms with Gasteiger partial charge in [0.2, 0.25) is 0 Å². The number of hydrogen-bond acceptors (Lipinski definition) is 1. The fourth-order valence-electron chi connectivity index (χ4n) is 1.76. The average Bonchev–Trinajstić information content (AvgIpc) is 2.20. The summed E-state index contributed by atoms with van der Waals surface area (Å²) in [6, 6.07) is 10.8. The summed E-state index contributed by atoms with van der Waals surface area (Å²) in [6.07, 6.45) is 0. The molecule has 2 aromatic carbocycles. The van der Waals surface area contributed by atoms with Gasteiger partial charge in [-0.15, -0.1) is 0 Å². The van der Waals surface area contributed by atoms with Crippen molar-refractivity contribution in [2.75, 3.05) is 5.73 Å². The van der Waals surface area contributed by atoms with E-state index >= 15 is 0 Å². The van der Waals surface area contributed by atoms with Crippen molar-refractivity contribution in [3.05, 3.63) is 53.3 Å². The topological polar surface area (TPSA) is 26.0 Å². The van der Waals surface area contributed by atoms with Crippen molar-refractivity contribution in [3.8, 4) is 11.1 Å². The monoisotopic (exact) mass is 215 g/mol. The molecule has 0 amide bonds. The van der Waals surface area contributed by atoms with Gasteiger partial charge in [-0.1, -0.05) is 12.1 Å². The van der Waals surface area contributed by atoms with Crippen LogP contribution in [0.4, 0.5) is 10.1 Å². The van der Waals surface area contributed by atoms with Gasteiger partial charge in [0, 0.05) is 5.69 Å². The van der Waals surface area contributed by atoms with E-state index in [-0.39, 0.29) is 5.82 Å². The lowest BCUT2D eigenvalue weighted by Crippen LogP contribution is -1.90. The predicted octanol–water partition coefficient (Wildman–Crippen LogP) is 3.69. The Balaban J connectivity index is 2.54. The Labute approximate surface area is 94.7 Å². The molecule has 0 saturated carbocycles. The molecule has 0 atom stereocenters. The highest BCUT2D eigenvalue weighted by molar-refractivity contribution is 5.68. The molecule has 2 rings (SSSR count). The van der Waals surface area contributed by atoms with E-state index in [1.54, 1.807) is 0 Å². The van der Waals surface area contributed by atoms with E-state index in [2.05, 4.69) is 0 Å². The van der Waals surface area contributed by atoms with Crippen LogP contribution in [0.2, 0.25) is 0 Å². The highest BCUT2D eigenvalue weighted by Gasteiger charge is 2.02. The minimum atomic E-state index is -0.204. The molecular formula is C14H14FN. The van der Waals surface area contributed by atoms with Crippen molar-refractivity contribution in [3.63, 3.8) is 0 Å². The van der Waals surface area contributed by atoms with E-state index in [4.69, 9.17) is 5.73 Å². The molecule has 16 heavy (non-hydrogen) atoms. The molecule has 1 nitrogen and oxygen atoms in total. The number of aryl methyl sites for hydroxylation is 2. The lowest BCUT2D eigenvalue weighted by atomic mass is 10.0. The zero-order chi connectivity index (χ0) is 11.7. The molecule has 2 heteroatoms. The molecule has 0 aliphatic carbocycles. The van der Waals surface area contributed by atoms with Crippen LogP contribution >= 0.6 is 0 Å². The number of anilines is 1. The molecule has 0 bridgehead atoms. The van der Waals surface area contributed by atoms with E-state index in [0.717, 1.165) is 27.9 Å². The molecule has 2 N–H and O–H groups in total. The van der Waals surface area contributed by atoms with Crippen LogP contribution in [-0.4, -0.2) is 0 Å². The van der Waals surface area contributed by atoms with Crippen LogP contribution in [0.5, 0.6) is 0 Å². The summed E-state index contributed by atoms with van der Waals surface area (Å²) in [4.78, 5) is 0. The molecule has 0 unspecified atom stereocenters. The Hall–Kier alpha value is -1.83. The Kier molecular flexibility index (Phi) is 2.65. The van der Waals surface area contributed by atoms with Crippen molar-refractivity contribution in [1.82, 2.24) is 0 Å². The first kappa shape index (κ1) is 10.7. The molecule has 2 aromatic rings. The third-order valence-electron chi connectivity index (χ3n) is 2.65. The molecule has 0 heterocycles. The number of rotatable bonds is 1. The molecule has 82 valence electrons. The highest BCUT2D eigenvalue weighted by atomic mass is 19.1. The van der Waals surface area contributed by atoms with Gasteiger partial charge >= 0.3 is 0 Å². The lowest BCUT2D eigenvalue weighted by Gasteiger charge is -2.06. The summed E-state index contributed by atoms with van der Waals surface area (Å²) in [5, 5.41) is 0. The van der Waals surface area contributed by atoms with Crippen molar-refractivity contribution in [1.29, 1.82) is 0 Å². The largest absolute Gasteiger partial charge is 0.399 e. The maximum atomic E-state index is 13.3. The Morgan fingerprint density at radius 1 is 0.938 bits per heavy atom. The third kappa shape index (κ3) is 2.06. The summed E-state index contributed by atoms with van der Waals surface area (Å²) in [5.74, 6) is -0.204. The first-order valence-corrected chi connectivity index (χ1v) is 5.20. The summed E-state index contributed by atoms with van der Waals surface area (Å²) in [7, 11) is 0. The quantitative estimate of drug-likeness (QED) is 0.721. The van der Waals surface area contributed by atoms with Crippen molar-refractivity contribution in [2.45, 2.75) is 13.8 Å². The van der Waals surface area contributed by atoms with Gasteiger partial charge in [0.05, 0.1) is 0 Å². The molecule has 0 aromatic heterocycles. The molecule has 0 radical (unpaired) electrons. The standard InChI is InChI=1S/C14H14FN/c1-9-5-12(8-13(15)6-9)11-3-4-14(16)10(2)7-11/h3-8H,16H2,1-2H3. The van der Waals surface area contributed by atoms with E-state index in [1.807, 2.05) is 38.1 Å². The van der Waals surface area contributed by atoms with Gasteiger partial charge in [0.25, 0.3) is 0 Å². The molecule has 0 saturated heterocycles. The number of hydrogen-bond donors (Lipinski definition) is 1. The van der Waals surface area contributed by atoms with E-state index in [9.17, 15) is 4.39 Å². The molecule has 0 aliphatic rings. The van der Waals surface area contributed by atoms with Gasteiger partial charge in [-0.3, -0.25) is 0 Å². The third-order valence-corrected chi connectivity index (χ3v) is 2.65. The SMILES string of the molecule is Cc1cc(F)cc(-c2ccc(N)c(C)c2)c1. The number of nitrogen functional groups attached to an aromatic ring is 1. The van der Waals surface area contributed by atoms with Gasteiger partial charge in [-0.05, 0) is 60.4 Å². The number of nitrogens with two attached hydrogens (primary N) is 1. The van der Waals surface area contributed by atoms with E-state index < -0.39 is 0 Å². The van der Waals surface area contributed by atoms with Gasteiger partial charge in [-0.2, -0.15) is 0 Å². The van der Waals surface area contributed by atoms with Gasteiger partial charge in [0.1, 0.15) is 5.82 Å². The first-order chi connectivity index (χ1) is 7.56. The Morgan fingerprint density at radius 2 is 1.69 bits per heavy atom. The zero-order valence-corrected chi connectivity index (χ0v) is 9.42. The first-order valence-electron chi connectivity index (χ1n) is 5.20. The normalized spacial score (nSPS) is 10.4. The second-order valence-corrected chi connectivity index (χ2v) is 4.09. The second kappa shape index (κ2) is 3.97. The minimum Gasteiger partial charge on any atom is -0.399 e. The van der Waals surface area contributed by atoms with Crippen LogP contribution in [0.3, 0.4) is 0 Å². The number of benzene rings is 2. The highest BCUT2D eigenvalue weighted by Crippen LogP contribution is 2.25. The summed E-state index contributed by atoms with van der Waals surface area (Å²) in [6.45, 7) is 3.84. The van der Waals surface area contributed by atoms with Crippen LogP contribution in [0, 0.1) is 19.7 Å². The average molecular weight is 215 g/mol. The van der Waals surface area contributed by atoms with Crippen molar-refractivity contribution >= 4 is 5.69 Å². The predicted molar refractivity (Wildman–Crippen MR) is 65.7 cm³/mol. The maximum Gasteiger partial charge on any atom is 0.124 e. The van der Waals surface area contributed by atoms with Gasteiger partial charge in [-0.25, -0.2) is 4.39 Å². The molecule has 0 aliphatic heterocycles. The van der Waals surface area contributed by atoms with Crippen LogP contribution in [0.25, 0.3) is 11.1 Å². The van der Waals surface area contributed by atoms with E-state index in [0.29, 0.717) is 0 Å². The van der Waals surface area contributed by atoms with Crippen molar-refractivity contribution in [2.24, 2.45) is 0 Å². The molecular weight excluding hydrogens is 201 g/mol. The molecule has 0 spiro atoms. The fourth-order valence-corrected chi connectivity index (χ4v) is 1.76. The smallest absolute Gasteiger partial charge is 0.124 e.